The first kappa shape index (κ1) is 13.7. The van der Waals surface area contributed by atoms with Gasteiger partial charge in [-0.3, -0.25) is 4.79 Å². The Morgan fingerprint density at radius 1 is 1.37 bits per heavy atom. The van der Waals surface area contributed by atoms with Gasteiger partial charge in [-0.2, -0.15) is 0 Å². The summed E-state index contributed by atoms with van der Waals surface area (Å²) in [5.41, 5.74) is -0.00545. The molecule has 19 heavy (non-hydrogen) atoms. The summed E-state index contributed by atoms with van der Waals surface area (Å²) in [6.07, 6.45) is 0. The number of halogens is 2. The molecular weight excluding hydrogens is 254 g/mol. The molecule has 1 unspecified atom stereocenters. The van der Waals surface area contributed by atoms with Crippen LogP contribution in [0.1, 0.15) is 6.92 Å². The van der Waals surface area contributed by atoms with E-state index in [0.29, 0.717) is 26.3 Å². The van der Waals surface area contributed by atoms with Gasteiger partial charge in [0.2, 0.25) is 5.91 Å². The van der Waals surface area contributed by atoms with E-state index in [1.54, 1.807) is 11.8 Å². The normalized spacial score (nSPS) is 17.1. The zero-order valence-corrected chi connectivity index (χ0v) is 10.7. The lowest BCUT2D eigenvalue weighted by molar-refractivity contribution is -0.135. The molecule has 104 valence electrons. The molecule has 1 aromatic carbocycles. The quantitative estimate of drug-likeness (QED) is 0.907. The third-order valence-corrected chi connectivity index (χ3v) is 2.99. The van der Waals surface area contributed by atoms with E-state index in [4.69, 9.17) is 4.74 Å². The van der Waals surface area contributed by atoms with Gasteiger partial charge in [-0.05, 0) is 25.1 Å². The number of hydrogen-bond acceptors (Lipinski definition) is 3. The smallest absolute Gasteiger partial charge is 0.244 e. The van der Waals surface area contributed by atoms with Crippen LogP contribution in [0, 0.1) is 11.6 Å². The molecule has 0 saturated carbocycles. The van der Waals surface area contributed by atoms with Gasteiger partial charge in [0.1, 0.15) is 17.7 Å². The Balaban J connectivity index is 2.01. The molecule has 0 radical (unpaired) electrons. The number of nitrogens with zero attached hydrogens (tertiary/aromatic N) is 1. The highest BCUT2D eigenvalue weighted by molar-refractivity contribution is 5.84. The molecule has 1 aliphatic heterocycles. The van der Waals surface area contributed by atoms with Crippen LogP contribution in [0.2, 0.25) is 0 Å². The van der Waals surface area contributed by atoms with Crippen LogP contribution in [-0.4, -0.2) is 43.2 Å². The summed E-state index contributed by atoms with van der Waals surface area (Å²) in [6.45, 7) is 3.69. The van der Waals surface area contributed by atoms with Gasteiger partial charge in [0.05, 0.1) is 18.9 Å². The first-order valence-electron chi connectivity index (χ1n) is 6.16. The van der Waals surface area contributed by atoms with Crippen molar-refractivity contribution in [1.29, 1.82) is 0 Å². The van der Waals surface area contributed by atoms with Crippen LogP contribution in [0.5, 0.6) is 0 Å². The van der Waals surface area contributed by atoms with Crippen LogP contribution < -0.4 is 5.32 Å². The minimum Gasteiger partial charge on any atom is -0.378 e. The van der Waals surface area contributed by atoms with Gasteiger partial charge in [-0.15, -0.1) is 0 Å². The van der Waals surface area contributed by atoms with E-state index in [2.05, 4.69) is 5.32 Å². The van der Waals surface area contributed by atoms with Crippen molar-refractivity contribution in [3.63, 3.8) is 0 Å². The Kier molecular flexibility index (Phi) is 4.31. The van der Waals surface area contributed by atoms with Gasteiger partial charge in [0, 0.05) is 13.1 Å². The van der Waals surface area contributed by atoms with E-state index in [1.165, 1.54) is 0 Å². The molecule has 6 heteroatoms. The fraction of sp³-hybridized carbons (Fsp3) is 0.462. The number of benzene rings is 1. The van der Waals surface area contributed by atoms with E-state index in [9.17, 15) is 13.6 Å². The summed E-state index contributed by atoms with van der Waals surface area (Å²) in [5, 5.41) is 2.70. The van der Waals surface area contributed by atoms with Crippen molar-refractivity contribution in [2.24, 2.45) is 0 Å². The van der Waals surface area contributed by atoms with Crippen molar-refractivity contribution in [3.8, 4) is 0 Å². The van der Waals surface area contributed by atoms with Crippen molar-refractivity contribution in [2.45, 2.75) is 13.0 Å². The average Bonchev–Trinajstić information content (AvgIpc) is 2.43. The number of amides is 1. The van der Waals surface area contributed by atoms with Gasteiger partial charge in [-0.1, -0.05) is 0 Å². The van der Waals surface area contributed by atoms with Crippen LogP contribution in [0.4, 0.5) is 14.5 Å². The molecule has 4 nitrogen and oxygen atoms in total. The number of nitrogens with one attached hydrogen (secondary N) is 1. The first-order chi connectivity index (χ1) is 9.08. The second-order valence-corrected chi connectivity index (χ2v) is 4.43. The van der Waals surface area contributed by atoms with Gasteiger partial charge < -0.3 is 15.0 Å². The Bertz CT molecular complexity index is 462. The zero-order valence-electron chi connectivity index (χ0n) is 10.7. The Labute approximate surface area is 110 Å². The highest BCUT2D eigenvalue weighted by atomic mass is 19.1. The molecule has 1 fully saturated rings. The lowest BCUT2D eigenvalue weighted by Crippen LogP contribution is -2.47. The predicted molar refractivity (Wildman–Crippen MR) is 66.8 cm³/mol. The minimum absolute atomic E-state index is 0.00545. The molecule has 0 aromatic heterocycles. The number of anilines is 1. The van der Waals surface area contributed by atoms with Gasteiger partial charge in [0.25, 0.3) is 0 Å². The van der Waals surface area contributed by atoms with Gasteiger partial charge >= 0.3 is 0 Å². The number of carbonyl (C=O) groups excluding carboxylic acids is 1. The van der Waals surface area contributed by atoms with Crippen molar-refractivity contribution in [3.05, 3.63) is 29.8 Å². The van der Waals surface area contributed by atoms with Crippen LogP contribution in [0.3, 0.4) is 0 Å². The number of rotatable bonds is 3. The van der Waals surface area contributed by atoms with Gasteiger partial charge in [-0.25, -0.2) is 8.78 Å². The summed E-state index contributed by atoms with van der Waals surface area (Å²) in [7, 11) is 0. The summed E-state index contributed by atoms with van der Waals surface area (Å²) in [4.78, 5) is 13.7. The summed E-state index contributed by atoms with van der Waals surface area (Å²) < 4.78 is 31.7. The average molecular weight is 270 g/mol. The van der Waals surface area contributed by atoms with Crippen LogP contribution >= 0.6 is 0 Å². The third kappa shape index (κ3) is 3.41. The van der Waals surface area contributed by atoms with Crippen LogP contribution in [0.15, 0.2) is 18.2 Å². The summed E-state index contributed by atoms with van der Waals surface area (Å²) in [5.74, 6) is -1.27. The molecule has 0 bridgehead atoms. The highest BCUT2D eigenvalue weighted by Crippen LogP contribution is 2.17. The SMILES string of the molecule is CC(Nc1cc(F)ccc1F)C(=O)N1CCOCC1. The Hall–Kier alpha value is -1.69. The van der Waals surface area contributed by atoms with E-state index >= 15 is 0 Å². The second-order valence-electron chi connectivity index (χ2n) is 4.43. The monoisotopic (exact) mass is 270 g/mol. The molecule has 1 saturated heterocycles. The second kappa shape index (κ2) is 5.97. The molecule has 1 aliphatic rings. The summed E-state index contributed by atoms with van der Waals surface area (Å²) >= 11 is 0. The standard InChI is InChI=1S/C13H16F2N2O2/c1-9(13(18)17-4-6-19-7-5-17)16-12-8-10(14)2-3-11(12)15/h2-3,8-9,16H,4-7H2,1H3. The van der Waals surface area contributed by atoms with E-state index in [1.807, 2.05) is 0 Å². The zero-order chi connectivity index (χ0) is 13.8. The Morgan fingerprint density at radius 2 is 2.05 bits per heavy atom. The molecular formula is C13H16F2N2O2. The number of ether oxygens (including phenoxy) is 1. The van der Waals surface area contributed by atoms with Crippen LogP contribution in [-0.2, 0) is 9.53 Å². The lowest BCUT2D eigenvalue weighted by Gasteiger charge is -2.29. The van der Waals surface area contributed by atoms with Crippen LogP contribution in [0.25, 0.3) is 0 Å². The van der Waals surface area contributed by atoms with Crippen molar-refractivity contribution < 1.29 is 18.3 Å². The molecule has 1 aromatic rings. The molecule has 1 amide bonds. The van der Waals surface area contributed by atoms with Crippen molar-refractivity contribution >= 4 is 11.6 Å². The first-order valence-corrected chi connectivity index (χ1v) is 6.16. The molecule has 1 N–H and O–H groups in total. The van der Waals surface area contributed by atoms with Crippen molar-refractivity contribution in [2.75, 3.05) is 31.6 Å². The molecule has 0 spiro atoms. The van der Waals surface area contributed by atoms with E-state index < -0.39 is 17.7 Å². The third-order valence-electron chi connectivity index (χ3n) is 2.99. The molecule has 0 aliphatic carbocycles. The Morgan fingerprint density at radius 3 is 2.74 bits per heavy atom. The maximum atomic E-state index is 13.5. The largest absolute Gasteiger partial charge is 0.378 e. The topological polar surface area (TPSA) is 41.6 Å². The molecule has 2 rings (SSSR count). The molecule has 1 heterocycles. The van der Waals surface area contributed by atoms with E-state index in [0.717, 1.165) is 18.2 Å². The number of hydrogen-bond donors (Lipinski definition) is 1. The van der Waals surface area contributed by atoms with E-state index in [-0.39, 0.29) is 11.6 Å². The number of carbonyl (C=O) groups is 1. The maximum absolute atomic E-state index is 13.5. The molecule has 1 atom stereocenters. The fourth-order valence-electron chi connectivity index (χ4n) is 1.96. The predicted octanol–water partition coefficient (Wildman–Crippen LogP) is 1.62. The highest BCUT2D eigenvalue weighted by Gasteiger charge is 2.23. The van der Waals surface area contributed by atoms with Gasteiger partial charge in [0.15, 0.2) is 0 Å². The number of morpholine rings is 1. The fourth-order valence-corrected chi connectivity index (χ4v) is 1.96. The lowest BCUT2D eigenvalue weighted by atomic mass is 10.2. The minimum atomic E-state index is -0.616. The maximum Gasteiger partial charge on any atom is 0.244 e. The summed E-state index contributed by atoms with van der Waals surface area (Å²) in [6, 6.07) is 2.49. The van der Waals surface area contributed by atoms with Crippen molar-refractivity contribution in [1.82, 2.24) is 4.90 Å².